The largest absolute Gasteiger partial charge is 0.481 e. The highest BCUT2D eigenvalue weighted by Crippen LogP contribution is 2.44. The molecule has 4 rings (SSSR count). The molecule has 3 atom stereocenters. The van der Waals surface area contributed by atoms with Crippen molar-refractivity contribution in [3.63, 3.8) is 0 Å². The van der Waals surface area contributed by atoms with Crippen molar-refractivity contribution in [2.24, 2.45) is 5.92 Å². The van der Waals surface area contributed by atoms with E-state index in [0.29, 0.717) is 38.6 Å². The maximum atomic E-state index is 12.7. The molecule has 1 aliphatic heterocycles. The van der Waals surface area contributed by atoms with Gasteiger partial charge in [0, 0.05) is 31.0 Å². The van der Waals surface area contributed by atoms with E-state index < -0.39 is 18.0 Å². The van der Waals surface area contributed by atoms with Gasteiger partial charge in [0.1, 0.15) is 6.61 Å². The number of nitrogens with one attached hydrogen (secondary N) is 1. The van der Waals surface area contributed by atoms with E-state index >= 15 is 0 Å². The van der Waals surface area contributed by atoms with Crippen LogP contribution in [-0.2, 0) is 14.3 Å². The Morgan fingerprint density at radius 2 is 1.71 bits per heavy atom. The van der Waals surface area contributed by atoms with Crippen LogP contribution >= 0.6 is 0 Å². The van der Waals surface area contributed by atoms with Gasteiger partial charge in [-0.25, -0.2) is 4.79 Å². The zero-order valence-electron chi connectivity index (χ0n) is 20.4. The Morgan fingerprint density at radius 3 is 2.34 bits per heavy atom. The predicted molar refractivity (Wildman–Crippen MR) is 133 cm³/mol. The van der Waals surface area contributed by atoms with Crippen LogP contribution in [0.3, 0.4) is 0 Å². The number of likely N-dealkylation sites (tertiary alicyclic amines) is 1. The lowest BCUT2D eigenvalue weighted by Gasteiger charge is -2.37. The minimum absolute atomic E-state index is 0.0160. The van der Waals surface area contributed by atoms with Gasteiger partial charge in [-0.15, -0.1) is 0 Å². The molecule has 1 aliphatic carbocycles. The van der Waals surface area contributed by atoms with E-state index in [-0.39, 0.29) is 30.5 Å². The highest BCUT2D eigenvalue weighted by molar-refractivity contribution is 5.79. The second kappa shape index (κ2) is 10.9. The number of rotatable bonds is 8. The summed E-state index contributed by atoms with van der Waals surface area (Å²) in [5.74, 6) is -1.34. The molecule has 7 nitrogen and oxygen atoms in total. The third kappa shape index (κ3) is 5.50. The zero-order valence-corrected chi connectivity index (χ0v) is 20.4. The maximum absolute atomic E-state index is 12.7. The molecule has 2 amide bonds. The van der Waals surface area contributed by atoms with E-state index in [9.17, 15) is 19.5 Å². The molecule has 0 saturated carbocycles. The Balaban J connectivity index is 1.22. The van der Waals surface area contributed by atoms with Crippen LogP contribution < -0.4 is 5.32 Å². The molecule has 1 fully saturated rings. The van der Waals surface area contributed by atoms with Gasteiger partial charge in [0.2, 0.25) is 5.91 Å². The highest BCUT2D eigenvalue weighted by Gasteiger charge is 2.35. The molecule has 1 unspecified atom stereocenters. The Bertz CT molecular complexity index is 1040. The molecule has 0 radical (unpaired) electrons. The summed E-state index contributed by atoms with van der Waals surface area (Å²) in [5.41, 5.74) is 4.72. The summed E-state index contributed by atoms with van der Waals surface area (Å²) in [7, 11) is 0. The number of carboxylic acids is 1. The second-order valence-electron chi connectivity index (χ2n) is 9.68. The van der Waals surface area contributed by atoms with Crippen molar-refractivity contribution in [1.82, 2.24) is 10.2 Å². The van der Waals surface area contributed by atoms with Crippen molar-refractivity contribution >= 4 is 18.0 Å². The standard InChI is InChI=1S/C28H34N2O5/c1-18(9-7-15-26(31)30-16-8-14-20(19(30)2)27(32)33)29-28(34)35-17-25-23-12-5-3-10-21(23)22-11-4-6-13-24(22)25/h3-6,10-13,18-20,25H,7-9,14-17H2,1-2H3,(H,29,34)(H,32,33)/t18?,19-,20-/m0/s1. The lowest BCUT2D eigenvalue weighted by Crippen LogP contribution is -2.49. The van der Waals surface area contributed by atoms with E-state index in [1.54, 1.807) is 4.90 Å². The summed E-state index contributed by atoms with van der Waals surface area (Å²) < 4.78 is 5.60. The number of carboxylic acid groups (broad SMARTS) is 1. The highest BCUT2D eigenvalue weighted by atomic mass is 16.5. The normalized spacial score (nSPS) is 20.0. The molecule has 2 aromatic carbocycles. The summed E-state index contributed by atoms with van der Waals surface area (Å²) in [5, 5.41) is 12.2. The first-order valence-corrected chi connectivity index (χ1v) is 12.5. The topological polar surface area (TPSA) is 95.9 Å². The van der Waals surface area contributed by atoms with Gasteiger partial charge < -0.3 is 20.1 Å². The first-order valence-electron chi connectivity index (χ1n) is 12.5. The molecular weight excluding hydrogens is 444 g/mol. The van der Waals surface area contributed by atoms with Crippen LogP contribution in [0.4, 0.5) is 4.79 Å². The van der Waals surface area contributed by atoms with Gasteiger partial charge in [-0.05, 0) is 61.8 Å². The summed E-state index contributed by atoms with van der Waals surface area (Å²) >= 11 is 0. The van der Waals surface area contributed by atoms with E-state index in [1.807, 2.05) is 38.1 Å². The van der Waals surface area contributed by atoms with Crippen molar-refractivity contribution in [3.8, 4) is 11.1 Å². The summed E-state index contributed by atoms with van der Waals surface area (Å²) in [6.07, 6.45) is 2.46. The van der Waals surface area contributed by atoms with E-state index in [1.165, 1.54) is 22.3 Å². The monoisotopic (exact) mass is 478 g/mol. The van der Waals surface area contributed by atoms with Crippen LogP contribution in [0.5, 0.6) is 0 Å². The van der Waals surface area contributed by atoms with Crippen LogP contribution in [-0.4, -0.2) is 53.2 Å². The van der Waals surface area contributed by atoms with Gasteiger partial charge in [0.25, 0.3) is 0 Å². The average molecular weight is 479 g/mol. The number of amides is 2. The van der Waals surface area contributed by atoms with E-state index in [0.717, 1.165) is 0 Å². The molecule has 0 bridgehead atoms. The van der Waals surface area contributed by atoms with Crippen LogP contribution in [0.2, 0.25) is 0 Å². The van der Waals surface area contributed by atoms with E-state index in [4.69, 9.17) is 4.74 Å². The fourth-order valence-electron chi connectivity index (χ4n) is 5.44. The Morgan fingerprint density at radius 1 is 1.09 bits per heavy atom. The van der Waals surface area contributed by atoms with Gasteiger partial charge in [0.15, 0.2) is 0 Å². The summed E-state index contributed by atoms with van der Waals surface area (Å²) in [6, 6.07) is 16.0. The minimum Gasteiger partial charge on any atom is -0.481 e. The van der Waals surface area contributed by atoms with Crippen LogP contribution in [0.25, 0.3) is 11.1 Å². The fraction of sp³-hybridized carbons (Fsp3) is 0.464. The molecule has 1 heterocycles. The van der Waals surface area contributed by atoms with Crippen LogP contribution in [0.1, 0.15) is 63.0 Å². The Kier molecular flexibility index (Phi) is 7.73. The van der Waals surface area contributed by atoms with Gasteiger partial charge in [-0.2, -0.15) is 0 Å². The number of ether oxygens (including phenoxy) is 1. The number of hydrogen-bond acceptors (Lipinski definition) is 4. The number of hydrogen-bond donors (Lipinski definition) is 2. The van der Waals surface area contributed by atoms with Crippen molar-refractivity contribution in [3.05, 3.63) is 59.7 Å². The lowest BCUT2D eigenvalue weighted by molar-refractivity contribution is -0.149. The quantitative estimate of drug-likeness (QED) is 0.568. The Hall–Kier alpha value is -3.35. The van der Waals surface area contributed by atoms with E-state index in [2.05, 4.69) is 29.6 Å². The molecule has 0 aromatic heterocycles. The van der Waals surface area contributed by atoms with Crippen LogP contribution in [0, 0.1) is 5.92 Å². The fourth-order valence-corrected chi connectivity index (χ4v) is 5.44. The molecule has 2 N–H and O–H groups in total. The van der Waals surface area contributed by atoms with Gasteiger partial charge in [-0.3, -0.25) is 9.59 Å². The van der Waals surface area contributed by atoms with Crippen molar-refractivity contribution in [2.75, 3.05) is 13.2 Å². The first kappa shape index (κ1) is 24.8. The average Bonchev–Trinajstić information content (AvgIpc) is 3.16. The number of alkyl carbamates (subject to hydrolysis) is 1. The molecule has 186 valence electrons. The number of nitrogens with zero attached hydrogens (tertiary/aromatic N) is 1. The van der Waals surface area contributed by atoms with Crippen molar-refractivity contribution < 1.29 is 24.2 Å². The molecule has 1 saturated heterocycles. The number of fused-ring (bicyclic) bond motifs is 3. The number of carbonyl (C=O) groups excluding carboxylic acids is 2. The SMILES string of the molecule is CC(CCCC(=O)N1CCC[C@H](C(=O)O)[C@@H]1C)NC(=O)OCC1c2ccccc2-c2ccccc21. The van der Waals surface area contributed by atoms with Crippen LogP contribution in [0.15, 0.2) is 48.5 Å². The second-order valence-corrected chi connectivity index (χ2v) is 9.68. The zero-order chi connectivity index (χ0) is 24.9. The smallest absolute Gasteiger partial charge is 0.407 e. The number of carbonyl (C=O) groups is 3. The minimum atomic E-state index is -0.837. The third-order valence-corrected chi connectivity index (χ3v) is 7.36. The van der Waals surface area contributed by atoms with Crippen molar-refractivity contribution in [1.29, 1.82) is 0 Å². The third-order valence-electron chi connectivity index (χ3n) is 7.36. The molecule has 35 heavy (non-hydrogen) atoms. The van der Waals surface area contributed by atoms with Crippen molar-refractivity contribution in [2.45, 2.75) is 64.0 Å². The van der Waals surface area contributed by atoms with Gasteiger partial charge in [0.05, 0.1) is 5.92 Å². The van der Waals surface area contributed by atoms with Gasteiger partial charge >= 0.3 is 12.1 Å². The first-order chi connectivity index (χ1) is 16.9. The Labute approximate surface area is 206 Å². The number of aliphatic carboxylic acids is 1. The maximum Gasteiger partial charge on any atom is 0.407 e. The molecule has 2 aromatic rings. The number of benzene rings is 2. The molecular formula is C28H34N2O5. The summed E-state index contributed by atoms with van der Waals surface area (Å²) in [4.78, 5) is 38.2. The molecule has 0 spiro atoms. The molecule has 7 heteroatoms. The predicted octanol–water partition coefficient (Wildman–Crippen LogP) is 4.80. The number of piperidine rings is 1. The lowest BCUT2D eigenvalue weighted by atomic mass is 9.90. The summed E-state index contributed by atoms with van der Waals surface area (Å²) in [6.45, 7) is 4.59. The van der Waals surface area contributed by atoms with Gasteiger partial charge in [-0.1, -0.05) is 48.5 Å². The molecule has 2 aliphatic rings.